The first-order valence-corrected chi connectivity index (χ1v) is 11.3. The molecule has 0 saturated carbocycles. The van der Waals surface area contributed by atoms with Crippen molar-refractivity contribution < 1.29 is 13.6 Å². The first-order chi connectivity index (χ1) is 14.7. The van der Waals surface area contributed by atoms with E-state index in [2.05, 4.69) is 24.1 Å². The van der Waals surface area contributed by atoms with Gasteiger partial charge in [-0.15, -0.1) is 0 Å². The minimum Gasteiger partial charge on any atom is -0.322 e. The van der Waals surface area contributed by atoms with Crippen LogP contribution in [0.5, 0.6) is 0 Å². The lowest BCUT2D eigenvalue weighted by atomic mass is 10.0. The second kappa shape index (κ2) is 9.90. The number of alkyl halides is 2. The summed E-state index contributed by atoms with van der Waals surface area (Å²) < 4.78 is 28.3. The van der Waals surface area contributed by atoms with Crippen LogP contribution in [0.15, 0.2) is 36.4 Å². The Balaban J connectivity index is 1.81. The van der Waals surface area contributed by atoms with E-state index in [4.69, 9.17) is 0 Å². The number of nitrogens with zero attached hydrogens (tertiary/aromatic N) is 1. The minimum absolute atomic E-state index is 0.0685. The van der Waals surface area contributed by atoms with Crippen LogP contribution in [-0.2, 0) is 18.9 Å². The molecular weight excluding hydrogens is 394 g/mol. The molecule has 0 radical (unpaired) electrons. The molecule has 3 rings (SSSR count). The van der Waals surface area contributed by atoms with Crippen molar-refractivity contribution in [2.24, 2.45) is 5.92 Å². The average molecular weight is 429 g/mol. The molecule has 1 atom stereocenters. The van der Waals surface area contributed by atoms with Gasteiger partial charge in [-0.25, -0.2) is 8.78 Å². The molecule has 0 unspecified atom stereocenters. The molecule has 0 aromatic heterocycles. The number of amides is 1. The summed E-state index contributed by atoms with van der Waals surface area (Å²) in [5.74, 6) is -2.57. The Kier molecular flexibility index (Phi) is 7.47. The number of aryl methyl sites for hydroxylation is 2. The number of anilines is 1. The van der Waals surface area contributed by atoms with E-state index < -0.39 is 5.92 Å². The van der Waals surface area contributed by atoms with Crippen LogP contribution in [-0.4, -0.2) is 23.9 Å². The van der Waals surface area contributed by atoms with Gasteiger partial charge in [-0.3, -0.25) is 9.69 Å². The zero-order valence-electron chi connectivity index (χ0n) is 19.1. The van der Waals surface area contributed by atoms with Crippen molar-refractivity contribution in [3.05, 3.63) is 64.2 Å². The van der Waals surface area contributed by atoms with Gasteiger partial charge in [0.2, 0.25) is 0 Å². The number of likely N-dealkylation sites (tertiary alicyclic amines) is 1. The second-order valence-corrected chi connectivity index (χ2v) is 8.95. The molecule has 1 fully saturated rings. The van der Waals surface area contributed by atoms with Crippen molar-refractivity contribution in [1.29, 1.82) is 0 Å². The topological polar surface area (TPSA) is 32.3 Å². The minimum atomic E-state index is -2.97. The number of rotatable bonds is 8. The molecule has 0 spiro atoms. The predicted molar refractivity (Wildman–Crippen MR) is 123 cm³/mol. The molecule has 2 aromatic rings. The van der Waals surface area contributed by atoms with E-state index in [1.165, 1.54) is 11.6 Å². The molecule has 1 N–H and O–H groups in total. The summed E-state index contributed by atoms with van der Waals surface area (Å²) in [6.07, 6.45) is 4.31. The Hall–Kier alpha value is -2.27. The lowest BCUT2D eigenvalue weighted by Gasteiger charge is -2.19. The van der Waals surface area contributed by atoms with Gasteiger partial charge in [0.05, 0.1) is 0 Å². The molecule has 3 nitrogen and oxygen atoms in total. The van der Waals surface area contributed by atoms with Crippen molar-refractivity contribution in [3.8, 4) is 0 Å². The van der Waals surface area contributed by atoms with E-state index in [0.29, 0.717) is 23.7 Å². The molecule has 1 aliphatic heterocycles. The zero-order chi connectivity index (χ0) is 22.6. The molecule has 5 heteroatoms. The molecule has 0 bridgehead atoms. The lowest BCUT2D eigenvalue weighted by Crippen LogP contribution is -2.21. The molecule has 1 saturated heterocycles. The number of carbonyl (C=O) groups is 1. The van der Waals surface area contributed by atoms with Gasteiger partial charge in [0.25, 0.3) is 11.8 Å². The standard InChI is InChI=1S/C26H34F2N2O/c1-5-7-21-8-9-22(12-18(21)3)25(31)29-24-14-20(13-23(15-24)26(4,27)28)17-30-11-10-19(6-2)16-30/h8-9,12-15,19H,5-7,10-11,16-17H2,1-4H3,(H,29,31)/t19-/m1/s1. The molecular formula is C26H34F2N2O. The molecule has 168 valence electrons. The van der Waals surface area contributed by atoms with Crippen LogP contribution < -0.4 is 5.32 Å². The third-order valence-electron chi connectivity index (χ3n) is 6.24. The zero-order valence-corrected chi connectivity index (χ0v) is 19.1. The number of halogens is 2. The van der Waals surface area contributed by atoms with E-state index in [-0.39, 0.29) is 11.5 Å². The number of nitrogens with one attached hydrogen (secondary N) is 1. The third-order valence-corrected chi connectivity index (χ3v) is 6.24. The highest BCUT2D eigenvalue weighted by molar-refractivity contribution is 6.04. The maximum absolute atomic E-state index is 14.1. The van der Waals surface area contributed by atoms with Gasteiger partial charge >= 0.3 is 0 Å². The highest BCUT2D eigenvalue weighted by atomic mass is 19.3. The lowest BCUT2D eigenvalue weighted by molar-refractivity contribution is 0.0174. The van der Waals surface area contributed by atoms with Gasteiger partial charge in [-0.1, -0.05) is 32.8 Å². The summed E-state index contributed by atoms with van der Waals surface area (Å²) in [6.45, 7) is 9.81. The van der Waals surface area contributed by atoms with Gasteiger partial charge in [0.1, 0.15) is 0 Å². The van der Waals surface area contributed by atoms with Gasteiger partial charge in [-0.2, -0.15) is 0 Å². The largest absolute Gasteiger partial charge is 0.322 e. The summed E-state index contributed by atoms with van der Waals surface area (Å²) in [5.41, 5.74) is 3.99. The van der Waals surface area contributed by atoms with Gasteiger partial charge in [-0.05, 0) is 79.3 Å². The van der Waals surface area contributed by atoms with E-state index in [9.17, 15) is 13.6 Å². The Morgan fingerprint density at radius 1 is 1.19 bits per heavy atom. The van der Waals surface area contributed by atoms with Crippen LogP contribution in [0.2, 0.25) is 0 Å². The quantitative estimate of drug-likeness (QED) is 0.517. The fraction of sp³-hybridized carbons (Fsp3) is 0.500. The van der Waals surface area contributed by atoms with Crippen LogP contribution in [0.1, 0.15) is 72.6 Å². The first-order valence-electron chi connectivity index (χ1n) is 11.3. The summed E-state index contributed by atoms with van der Waals surface area (Å²) in [5, 5.41) is 2.84. The smallest absolute Gasteiger partial charge is 0.270 e. The monoisotopic (exact) mass is 428 g/mol. The van der Waals surface area contributed by atoms with Crippen LogP contribution >= 0.6 is 0 Å². The van der Waals surface area contributed by atoms with E-state index in [1.54, 1.807) is 6.07 Å². The van der Waals surface area contributed by atoms with E-state index in [1.807, 2.05) is 31.2 Å². The number of benzene rings is 2. The van der Waals surface area contributed by atoms with E-state index in [0.717, 1.165) is 56.8 Å². The van der Waals surface area contributed by atoms with Crippen molar-refractivity contribution >= 4 is 11.6 Å². The summed E-state index contributed by atoms with van der Waals surface area (Å²) in [6, 6.07) is 10.4. The van der Waals surface area contributed by atoms with Crippen molar-refractivity contribution in [1.82, 2.24) is 4.90 Å². The maximum Gasteiger partial charge on any atom is 0.270 e. The Bertz CT molecular complexity index is 920. The first kappa shape index (κ1) is 23.4. The van der Waals surface area contributed by atoms with Crippen LogP contribution in [0, 0.1) is 12.8 Å². The molecule has 2 aromatic carbocycles. The van der Waals surface area contributed by atoms with E-state index >= 15 is 0 Å². The fourth-order valence-corrected chi connectivity index (χ4v) is 4.35. The molecule has 0 aliphatic carbocycles. The van der Waals surface area contributed by atoms with Gasteiger partial charge < -0.3 is 5.32 Å². The van der Waals surface area contributed by atoms with Crippen LogP contribution in [0.25, 0.3) is 0 Å². The molecule has 31 heavy (non-hydrogen) atoms. The Morgan fingerprint density at radius 3 is 2.58 bits per heavy atom. The summed E-state index contributed by atoms with van der Waals surface area (Å²) >= 11 is 0. The average Bonchev–Trinajstić information content (AvgIpc) is 3.16. The predicted octanol–water partition coefficient (Wildman–Crippen LogP) is 6.54. The number of hydrogen-bond acceptors (Lipinski definition) is 2. The summed E-state index contributed by atoms with van der Waals surface area (Å²) in [7, 11) is 0. The van der Waals surface area contributed by atoms with Crippen molar-refractivity contribution in [2.75, 3.05) is 18.4 Å². The normalized spacial score (nSPS) is 17.2. The van der Waals surface area contributed by atoms with Crippen LogP contribution in [0.4, 0.5) is 14.5 Å². The maximum atomic E-state index is 14.1. The third kappa shape index (κ3) is 6.13. The molecule has 1 aliphatic rings. The fourth-order valence-electron chi connectivity index (χ4n) is 4.35. The van der Waals surface area contributed by atoms with Crippen molar-refractivity contribution in [3.63, 3.8) is 0 Å². The number of hydrogen-bond donors (Lipinski definition) is 1. The highest BCUT2D eigenvalue weighted by Crippen LogP contribution is 2.31. The van der Waals surface area contributed by atoms with Crippen molar-refractivity contribution in [2.45, 2.75) is 65.8 Å². The van der Waals surface area contributed by atoms with Gasteiger partial charge in [0, 0.05) is 36.8 Å². The van der Waals surface area contributed by atoms with Gasteiger partial charge in [0.15, 0.2) is 0 Å². The highest BCUT2D eigenvalue weighted by Gasteiger charge is 2.27. The molecule has 1 heterocycles. The summed E-state index contributed by atoms with van der Waals surface area (Å²) in [4.78, 5) is 15.1. The van der Waals surface area contributed by atoms with Crippen LogP contribution in [0.3, 0.4) is 0 Å². The molecule has 1 amide bonds. The SMILES string of the molecule is CCCc1ccc(C(=O)Nc2cc(CN3CC[C@@H](CC)C3)cc(C(C)(F)F)c2)cc1C. The second-order valence-electron chi connectivity index (χ2n) is 8.95. The Labute approximate surface area is 184 Å². The Morgan fingerprint density at radius 2 is 1.97 bits per heavy atom. The number of carbonyl (C=O) groups excluding carboxylic acids is 1.